The van der Waals surface area contributed by atoms with Gasteiger partial charge in [-0.25, -0.2) is 4.99 Å². The Kier molecular flexibility index (Phi) is 2.96. The number of benzene rings is 1. The quantitative estimate of drug-likeness (QED) is 0.479. The third-order valence-electron chi connectivity index (χ3n) is 1.22. The van der Waals surface area contributed by atoms with Crippen molar-refractivity contribution in [2.45, 2.75) is 0 Å². The molecule has 1 aromatic carbocycles. The summed E-state index contributed by atoms with van der Waals surface area (Å²) >= 11 is 4.42. The fourth-order valence-corrected chi connectivity index (χ4v) is 0.827. The summed E-state index contributed by atoms with van der Waals surface area (Å²) in [4.78, 5) is 3.70. The Morgan fingerprint density at radius 1 is 1.55 bits per heavy atom. The third kappa shape index (κ3) is 2.62. The van der Waals surface area contributed by atoms with Crippen LogP contribution in [0.5, 0.6) is 0 Å². The second kappa shape index (κ2) is 4.02. The molecule has 0 aliphatic carbocycles. The largest absolute Gasteiger partial charge is 0.222 e. The number of isothiocyanates is 1. The molecule has 0 fully saturated rings. The van der Waals surface area contributed by atoms with Crippen LogP contribution in [0, 0.1) is 13.5 Å². The lowest BCUT2D eigenvalue weighted by Crippen LogP contribution is -1.78. The molecular weight excluding hydrogens is 154 g/mol. The Morgan fingerprint density at radius 2 is 2.36 bits per heavy atom. The number of aliphatic imine (C=N–C) groups is 1. The number of hydrogen-bond donors (Lipinski definition) is 0. The SMILES string of the molecule is [CH2]c1cccc([CH]N=C=S)c1. The number of rotatable bonds is 2. The molecule has 11 heavy (non-hydrogen) atoms. The Morgan fingerprint density at radius 3 is 3.00 bits per heavy atom. The molecule has 0 N–H and O–H groups in total. The molecule has 0 aliphatic rings. The zero-order valence-electron chi connectivity index (χ0n) is 5.95. The van der Waals surface area contributed by atoms with Gasteiger partial charge in [-0.15, -0.1) is 0 Å². The van der Waals surface area contributed by atoms with Gasteiger partial charge in [0.1, 0.15) is 6.54 Å². The molecule has 0 saturated carbocycles. The Balaban J connectivity index is 2.79. The van der Waals surface area contributed by atoms with E-state index in [1.165, 1.54) is 0 Å². The summed E-state index contributed by atoms with van der Waals surface area (Å²) in [5.74, 6) is 0. The molecule has 54 valence electrons. The normalized spacial score (nSPS) is 8.82. The van der Waals surface area contributed by atoms with Crippen LogP contribution in [0.3, 0.4) is 0 Å². The molecule has 0 aromatic heterocycles. The summed E-state index contributed by atoms with van der Waals surface area (Å²) in [5.41, 5.74) is 1.97. The van der Waals surface area contributed by atoms with E-state index in [1.807, 2.05) is 24.3 Å². The Labute approximate surface area is 71.8 Å². The van der Waals surface area contributed by atoms with Gasteiger partial charge in [0.2, 0.25) is 0 Å². The van der Waals surface area contributed by atoms with Gasteiger partial charge in [0.15, 0.2) is 0 Å². The van der Waals surface area contributed by atoms with Crippen LogP contribution in [0.25, 0.3) is 0 Å². The van der Waals surface area contributed by atoms with Gasteiger partial charge in [-0.3, -0.25) is 0 Å². The third-order valence-corrected chi connectivity index (χ3v) is 1.32. The van der Waals surface area contributed by atoms with Crippen molar-refractivity contribution in [2.24, 2.45) is 4.99 Å². The van der Waals surface area contributed by atoms with Crippen LogP contribution >= 0.6 is 12.2 Å². The van der Waals surface area contributed by atoms with Crippen LogP contribution in [-0.4, -0.2) is 5.16 Å². The Bertz CT molecular complexity index is 287. The van der Waals surface area contributed by atoms with Gasteiger partial charge >= 0.3 is 0 Å². The molecule has 1 aromatic rings. The lowest BCUT2D eigenvalue weighted by atomic mass is 10.1. The van der Waals surface area contributed by atoms with Gasteiger partial charge in [0, 0.05) is 0 Å². The van der Waals surface area contributed by atoms with Crippen molar-refractivity contribution in [3.8, 4) is 0 Å². The van der Waals surface area contributed by atoms with Crippen LogP contribution in [-0.2, 0) is 0 Å². The summed E-state index contributed by atoms with van der Waals surface area (Å²) in [6, 6.07) is 7.71. The second-order valence-corrected chi connectivity index (χ2v) is 2.28. The highest BCUT2D eigenvalue weighted by atomic mass is 32.1. The first-order valence-corrected chi connectivity index (χ1v) is 3.56. The minimum absolute atomic E-state index is 0.971. The first-order valence-electron chi connectivity index (χ1n) is 3.15. The minimum Gasteiger partial charge on any atom is -0.222 e. The van der Waals surface area contributed by atoms with Crippen molar-refractivity contribution in [2.75, 3.05) is 0 Å². The average molecular weight is 161 g/mol. The van der Waals surface area contributed by atoms with Gasteiger partial charge in [0.25, 0.3) is 0 Å². The highest BCUT2D eigenvalue weighted by Gasteiger charge is 1.89. The zero-order valence-corrected chi connectivity index (χ0v) is 6.77. The van der Waals surface area contributed by atoms with Crippen LogP contribution in [0.1, 0.15) is 11.1 Å². The molecule has 0 bridgehead atoms. The molecule has 1 nitrogen and oxygen atoms in total. The fraction of sp³-hybridized carbons (Fsp3) is 0. The van der Waals surface area contributed by atoms with Gasteiger partial charge in [0.05, 0.1) is 5.16 Å². The molecular formula is C9H7NS. The van der Waals surface area contributed by atoms with Gasteiger partial charge in [-0.1, -0.05) is 24.3 Å². The predicted octanol–water partition coefficient (Wildman–Crippen LogP) is 2.48. The van der Waals surface area contributed by atoms with Crippen molar-refractivity contribution < 1.29 is 0 Å². The van der Waals surface area contributed by atoms with Gasteiger partial charge in [-0.2, -0.15) is 0 Å². The Hall–Kier alpha value is -0.980. The van der Waals surface area contributed by atoms with E-state index in [2.05, 4.69) is 29.3 Å². The summed E-state index contributed by atoms with van der Waals surface area (Å²) in [6.45, 7) is 5.44. The smallest absolute Gasteiger partial charge is 0.112 e. The highest BCUT2D eigenvalue weighted by Crippen LogP contribution is 2.05. The molecule has 2 radical (unpaired) electrons. The molecule has 0 unspecified atom stereocenters. The number of nitrogens with zero attached hydrogens (tertiary/aromatic N) is 1. The second-order valence-electron chi connectivity index (χ2n) is 2.09. The molecule has 0 atom stereocenters. The first kappa shape index (κ1) is 8.12. The molecule has 0 spiro atoms. The van der Waals surface area contributed by atoms with E-state index >= 15 is 0 Å². The average Bonchev–Trinajstić information content (AvgIpc) is 2.01. The van der Waals surface area contributed by atoms with Crippen molar-refractivity contribution in [3.05, 3.63) is 48.9 Å². The van der Waals surface area contributed by atoms with Gasteiger partial charge in [-0.05, 0) is 30.3 Å². The van der Waals surface area contributed by atoms with Gasteiger partial charge < -0.3 is 0 Å². The molecule has 1 rings (SSSR count). The van der Waals surface area contributed by atoms with Crippen molar-refractivity contribution in [1.82, 2.24) is 0 Å². The van der Waals surface area contributed by atoms with Crippen LogP contribution in [0.2, 0.25) is 0 Å². The van der Waals surface area contributed by atoms with Crippen molar-refractivity contribution in [1.29, 1.82) is 0 Å². The summed E-state index contributed by atoms with van der Waals surface area (Å²) in [7, 11) is 0. The van der Waals surface area contributed by atoms with E-state index < -0.39 is 0 Å². The predicted molar refractivity (Wildman–Crippen MR) is 49.3 cm³/mol. The van der Waals surface area contributed by atoms with Crippen molar-refractivity contribution in [3.63, 3.8) is 0 Å². The van der Waals surface area contributed by atoms with Crippen LogP contribution in [0.4, 0.5) is 0 Å². The minimum atomic E-state index is 0.971. The zero-order chi connectivity index (χ0) is 8.10. The summed E-state index contributed by atoms with van der Waals surface area (Å²) < 4.78 is 0. The molecule has 0 aliphatic heterocycles. The standard InChI is InChI=1S/C9H7NS/c1-8-3-2-4-9(5-8)6-10-7-11/h2-6H,1H2. The molecule has 2 heteroatoms. The van der Waals surface area contributed by atoms with E-state index in [1.54, 1.807) is 6.54 Å². The van der Waals surface area contributed by atoms with E-state index in [9.17, 15) is 0 Å². The van der Waals surface area contributed by atoms with E-state index in [-0.39, 0.29) is 0 Å². The molecule has 0 heterocycles. The maximum Gasteiger partial charge on any atom is 0.112 e. The topological polar surface area (TPSA) is 12.4 Å². The highest BCUT2D eigenvalue weighted by molar-refractivity contribution is 7.78. The summed E-state index contributed by atoms with van der Waals surface area (Å²) in [5, 5.41) is 2.27. The first-order chi connectivity index (χ1) is 5.33. The van der Waals surface area contributed by atoms with Crippen LogP contribution < -0.4 is 0 Å². The van der Waals surface area contributed by atoms with E-state index in [0.717, 1.165) is 11.1 Å². The fourth-order valence-electron chi connectivity index (χ4n) is 0.774. The lowest BCUT2D eigenvalue weighted by Gasteiger charge is -1.94. The molecule has 0 saturated heterocycles. The summed E-state index contributed by atoms with van der Waals surface area (Å²) in [6.07, 6.45) is 0. The van der Waals surface area contributed by atoms with Crippen LogP contribution in [0.15, 0.2) is 29.3 Å². The van der Waals surface area contributed by atoms with E-state index in [0.29, 0.717) is 0 Å². The number of hydrogen-bond acceptors (Lipinski definition) is 2. The maximum absolute atomic E-state index is 4.42. The van der Waals surface area contributed by atoms with E-state index in [4.69, 9.17) is 0 Å². The monoisotopic (exact) mass is 161 g/mol. The maximum atomic E-state index is 4.42. The van der Waals surface area contributed by atoms with Crippen molar-refractivity contribution >= 4 is 17.4 Å². The molecule has 0 amide bonds. The lowest BCUT2D eigenvalue weighted by molar-refractivity contribution is 1.35. The number of thiocarbonyl (C=S) groups is 1.